The van der Waals surface area contributed by atoms with Gasteiger partial charge in [0.1, 0.15) is 5.82 Å². The van der Waals surface area contributed by atoms with E-state index < -0.39 is 38.1 Å². The molecule has 1 fully saturated rings. The van der Waals surface area contributed by atoms with Crippen LogP contribution in [-0.2, 0) is 27.5 Å². The van der Waals surface area contributed by atoms with Gasteiger partial charge in [0.2, 0.25) is 21.6 Å². The van der Waals surface area contributed by atoms with Gasteiger partial charge in [0.25, 0.3) is 5.56 Å². The van der Waals surface area contributed by atoms with Crippen molar-refractivity contribution in [1.82, 2.24) is 14.5 Å². The van der Waals surface area contributed by atoms with Crippen LogP contribution in [0.3, 0.4) is 0 Å². The minimum atomic E-state index is -4.51. The number of hydrogen-bond donors (Lipinski definition) is 2. The first-order valence-electron chi connectivity index (χ1n) is 13.5. The monoisotopic (exact) mass is 583 g/mol. The van der Waals surface area contributed by atoms with Gasteiger partial charge in [-0.1, -0.05) is 31.2 Å². The van der Waals surface area contributed by atoms with Crippen LogP contribution in [0.5, 0.6) is 5.88 Å². The minimum Gasteiger partial charge on any atom is -0.492 e. The number of nitrogens with zero attached hydrogens (tertiary/aromatic N) is 4. The van der Waals surface area contributed by atoms with Gasteiger partial charge in [-0.15, -0.1) is 0 Å². The quantitative estimate of drug-likeness (QED) is 0.285. The standard InChI is InChI=1S/C31H29N5O5S/c1-2-26(23-5-3-4-20(14-23)17-32)36-28(15-19-6-7-19)35-30(38)29(31(36)39)42(40,41)24-10-8-21(9-11-24)25-18-34-13-12-22(25)16-27(33)37/h3-5,8-14,18-19,26,38H,2,6-7,15-16H2,1H3,(H2,33,37)/t26-/m0/s1. The first-order valence-corrected chi connectivity index (χ1v) is 15.0. The highest BCUT2D eigenvalue weighted by molar-refractivity contribution is 7.91. The van der Waals surface area contributed by atoms with Crippen molar-refractivity contribution in [3.8, 4) is 23.1 Å². The number of nitriles is 1. The highest BCUT2D eigenvalue weighted by atomic mass is 32.2. The molecule has 1 amide bonds. The molecule has 5 rings (SSSR count). The molecule has 10 nitrogen and oxygen atoms in total. The number of nitrogens with two attached hydrogens (primary N) is 1. The molecule has 0 saturated heterocycles. The summed E-state index contributed by atoms with van der Waals surface area (Å²) in [5.41, 5.74) is 7.42. The molecule has 3 N–H and O–H groups in total. The van der Waals surface area contributed by atoms with Crippen molar-refractivity contribution in [1.29, 1.82) is 5.26 Å². The predicted octanol–water partition coefficient (Wildman–Crippen LogP) is 3.70. The zero-order valence-electron chi connectivity index (χ0n) is 22.9. The molecule has 2 heterocycles. The Morgan fingerprint density at radius 3 is 2.57 bits per heavy atom. The van der Waals surface area contributed by atoms with E-state index in [1.807, 2.05) is 6.92 Å². The number of sulfone groups is 1. The van der Waals surface area contributed by atoms with E-state index in [0.717, 1.165) is 12.8 Å². The molecule has 11 heteroatoms. The van der Waals surface area contributed by atoms with Crippen molar-refractivity contribution in [2.24, 2.45) is 11.7 Å². The number of primary amides is 1. The normalized spacial score (nSPS) is 13.8. The minimum absolute atomic E-state index is 0.0138. The maximum Gasteiger partial charge on any atom is 0.277 e. The Morgan fingerprint density at radius 1 is 1.19 bits per heavy atom. The molecule has 0 radical (unpaired) electrons. The zero-order chi connectivity index (χ0) is 30.0. The van der Waals surface area contributed by atoms with E-state index in [0.29, 0.717) is 52.4 Å². The van der Waals surface area contributed by atoms with Crippen LogP contribution >= 0.6 is 0 Å². The van der Waals surface area contributed by atoms with E-state index in [-0.39, 0.29) is 11.3 Å². The fraction of sp³-hybridized carbons (Fsp3) is 0.258. The molecule has 0 bridgehead atoms. The fourth-order valence-corrected chi connectivity index (χ4v) is 6.51. The molecular weight excluding hydrogens is 554 g/mol. The Hall–Kier alpha value is -4.82. The smallest absolute Gasteiger partial charge is 0.277 e. The molecular formula is C31H29N5O5S. The molecule has 0 spiro atoms. The number of amides is 1. The molecule has 1 saturated carbocycles. The first kappa shape index (κ1) is 28.7. The summed E-state index contributed by atoms with van der Waals surface area (Å²) in [5.74, 6) is -0.752. The van der Waals surface area contributed by atoms with E-state index in [1.54, 1.807) is 48.7 Å². The second kappa shape index (κ2) is 11.6. The van der Waals surface area contributed by atoms with Gasteiger partial charge in [0, 0.05) is 24.4 Å². The van der Waals surface area contributed by atoms with Crippen molar-refractivity contribution in [2.45, 2.75) is 54.9 Å². The van der Waals surface area contributed by atoms with Gasteiger partial charge in [-0.3, -0.25) is 19.1 Å². The Labute approximate surface area is 243 Å². The third-order valence-electron chi connectivity index (χ3n) is 7.42. The van der Waals surface area contributed by atoms with E-state index in [1.165, 1.54) is 22.9 Å². The largest absolute Gasteiger partial charge is 0.492 e. The number of rotatable bonds is 10. The summed E-state index contributed by atoms with van der Waals surface area (Å²) in [6.07, 6.45) is 5.84. The molecule has 2 aromatic carbocycles. The summed E-state index contributed by atoms with van der Waals surface area (Å²) < 4.78 is 29.1. The van der Waals surface area contributed by atoms with Gasteiger partial charge in [-0.25, -0.2) is 8.42 Å². The molecule has 42 heavy (non-hydrogen) atoms. The molecule has 1 aliphatic carbocycles. The van der Waals surface area contributed by atoms with Crippen molar-refractivity contribution >= 4 is 15.7 Å². The Morgan fingerprint density at radius 2 is 1.93 bits per heavy atom. The van der Waals surface area contributed by atoms with Crippen molar-refractivity contribution in [2.75, 3.05) is 0 Å². The zero-order valence-corrected chi connectivity index (χ0v) is 23.7. The van der Waals surface area contributed by atoms with Gasteiger partial charge in [-0.2, -0.15) is 10.2 Å². The lowest BCUT2D eigenvalue weighted by Gasteiger charge is -2.23. The van der Waals surface area contributed by atoms with Crippen LogP contribution in [0.2, 0.25) is 0 Å². The molecule has 4 aromatic rings. The van der Waals surface area contributed by atoms with Crippen LogP contribution in [-0.4, -0.2) is 34.0 Å². The SMILES string of the molecule is CC[C@@H](c1cccc(C#N)c1)n1c(CC2CC2)nc(O)c(S(=O)(=O)c2ccc(-c3cnccc3CC(N)=O)cc2)c1=O. The lowest BCUT2D eigenvalue weighted by molar-refractivity contribution is -0.117. The third kappa shape index (κ3) is 5.66. The predicted molar refractivity (Wildman–Crippen MR) is 154 cm³/mol. The molecule has 214 valence electrons. The second-order valence-electron chi connectivity index (χ2n) is 10.4. The summed E-state index contributed by atoms with van der Waals surface area (Å²) in [7, 11) is -4.51. The fourth-order valence-electron chi connectivity index (χ4n) is 5.17. The topological polar surface area (TPSA) is 169 Å². The van der Waals surface area contributed by atoms with Crippen molar-refractivity contribution in [3.05, 3.63) is 99.9 Å². The Balaban J connectivity index is 1.61. The Kier molecular flexibility index (Phi) is 7.91. The highest BCUT2D eigenvalue weighted by Crippen LogP contribution is 2.35. The van der Waals surface area contributed by atoms with E-state index in [2.05, 4.69) is 16.0 Å². The van der Waals surface area contributed by atoms with Crippen molar-refractivity contribution < 1.29 is 18.3 Å². The van der Waals surface area contributed by atoms with Crippen LogP contribution in [0, 0.1) is 17.2 Å². The van der Waals surface area contributed by atoms with Crippen molar-refractivity contribution in [3.63, 3.8) is 0 Å². The number of aromatic hydroxyl groups is 1. The number of aromatic nitrogens is 3. The van der Waals surface area contributed by atoms with Gasteiger partial charge < -0.3 is 10.8 Å². The van der Waals surface area contributed by atoms with Gasteiger partial charge in [0.05, 0.1) is 29.0 Å². The molecule has 1 aliphatic rings. The molecule has 1 atom stereocenters. The Bertz CT molecular complexity index is 1870. The number of hydrogen-bond acceptors (Lipinski definition) is 8. The summed E-state index contributed by atoms with van der Waals surface area (Å²) >= 11 is 0. The van der Waals surface area contributed by atoms with Crippen LogP contribution in [0.1, 0.15) is 54.7 Å². The van der Waals surface area contributed by atoms with E-state index >= 15 is 0 Å². The van der Waals surface area contributed by atoms with Gasteiger partial charge >= 0.3 is 0 Å². The number of carbonyl (C=O) groups excluding carboxylic acids is 1. The summed E-state index contributed by atoms with van der Waals surface area (Å²) in [6.45, 7) is 1.86. The average Bonchev–Trinajstić information content (AvgIpc) is 3.79. The van der Waals surface area contributed by atoms with Crippen LogP contribution < -0.4 is 11.3 Å². The van der Waals surface area contributed by atoms with Gasteiger partial charge in [-0.05, 0) is 72.2 Å². The number of carbonyl (C=O) groups is 1. The maximum absolute atomic E-state index is 14.1. The lowest BCUT2D eigenvalue weighted by atomic mass is 10.00. The molecule has 0 unspecified atom stereocenters. The van der Waals surface area contributed by atoms with Gasteiger partial charge in [0.15, 0.2) is 4.90 Å². The number of benzene rings is 2. The molecule has 2 aromatic heterocycles. The maximum atomic E-state index is 14.1. The van der Waals surface area contributed by atoms with Crippen LogP contribution in [0.4, 0.5) is 0 Å². The summed E-state index contributed by atoms with van der Waals surface area (Å²) in [5, 5.41) is 20.3. The third-order valence-corrected chi connectivity index (χ3v) is 9.20. The van der Waals surface area contributed by atoms with E-state index in [9.17, 15) is 28.4 Å². The van der Waals surface area contributed by atoms with Crippen LogP contribution in [0.15, 0.2) is 81.6 Å². The lowest BCUT2D eigenvalue weighted by Crippen LogP contribution is -2.33. The second-order valence-corrected chi connectivity index (χ2v) is 12.3. The molecule has 0 aliphatic heterocycles. The summed E-state index contributed by atoms with van der Waals surface area (Å²) in [4.78, 5) is 32.9. The number of pyridine rings is 1. The highest BCUT2D eigenvalue weighted by Gasteiger charge is 2.33. The van der Waals surface area contributed by atoms with Crippen LogP contribution in [0.25, 0.3) is 11.1 Å². The average molecular weight is 584 g/mol. The van der Waals surface area contributed by atoms with E-state index in [4.69, 9.17) is 5.73 Å². The first-order chi connectivity index (χ1) is 20.1. The summed E-state index contributed by atoms with van der Waals surface area (Å²) in [6, 6.07) is 15.7.